The zero-order valence-electron chi connectivity index (χ0n) is 19.1. The van der Waals surface area contributed by atoms with Crippen molar-refractivity contribution in [3.05, 3.63) is 0 Å². The van der Waals surface area contributed by atoms with E-state index in [1.165, 1.54) is 0 Å². The number of hydrogen-bond donors (Lipinski definition) is 0. The predicted molar refractivity (Wildman–Crippen MR) is 111 cm³/mol. The molecule has 8 heteroatoms. The van der Waals surface area contributed by atoms with Crippen molar-refractivity contribution in [2.75, 3.05) is 0 Å². The zero-order valence-corrected chi connectivity index (χ0v) is 20.7. The van der Waals surface area contributed by atoms with Gasteiger partial charge in [0.05, 0.1) is 22.3 Å². The largest absolute Gasteiger partial charge is 0.455 e. The molecule has 29 heavy (non-hydrogen) atoms. The average Bonchev–Trinajstić information content (AvgIpc) is 2.51. The van der Waals surface area contributed by atoms with Crippen LogP contribution in [0, 0.1) is 16.2 Å². The van der Waals surface area contributed by atoms with E-state index in [2.05, 4.69) is 15.9 Å². The molecule has 1 aliphatic rings. The van der Waals surface area contributed by atoms with E-state index in [1.54, 1.807) is 69.2 Å². The molecule has 168 valence electrons. The highest BCUT2D eigenvalue weighted by Gasteiger charge is 2.52. The molecule has 1 unspecified atom stereocenters. The molecule has 0 amide bonds. The second-order valence-corrected chi connectivity index (χ2v) is 11.5. The number of alkyl halides is 1. The summed E-state index contributed by atoms with van der Waals surface area (Å²) in [5, 5.41) is -0.730. The number of esters is 3. The van der Waals surface area contributed by atoms with Crippen molar-refractivity contribution in [2.24, 2.45) is 16.2 Å². The topological polar surface area (TPSA) is 88.1 Å². The van der Waals surface area contributed by atoms with Crippen LogP contribution in [0.5, 0.6) is 0 Å². The van der Waals surface area contributed by atoms with E-state index >= 15 is 0 Å². The quantitative estimate of drug-likeness (QED) is 0.344. The highest BCUT2D eigenvalue weighted by molar-refractivity contribution is 9.09. The highest BCUT2D eigenvalue weighted by Crippen LogP contribution is 2.34. The van der Waals surface area contributed by atoms with Gasteiger partial charge in [-0.05, 0) is 69.2 Å². The fourth-order valence-corrected chi connectivity index (χ4v) is 3.03. The Labute approximate surface area is 182 Å². The first-order valence-corrected chi connectivity index (χ1v) is 10.7. The summed E-state index contributed by atoms with van der Waals surface area (Å²) in [5.74, 6) is -1.45. The van der Waals surface area contributed by atoms with Crippen LogP contribution < -0.4 is 0 Å². The summed E-state index contributed by atoms with van der Waals surface area (Å²) in [6, 6.07) is 0. The molecule has 0 aromatic carbocycles. The van der Waals surface area contributed by atoms with Gasteiger partial charge in [0.2, 0.25) is 0 Å². The third-order valence-corrected chi connectivity index (χ3v) is 5.02. The number of carbonyl (C=O) groups is 3. The predicted octanol–water partition coefficient (Wildman–Crippen LogP) is 4.00. The van der Waals surface area contributed by atoms with Crippen LogP contribution >= 0.6 is 15.9 Å². The van der Waals surface area contributed by atoms with Gasteiger partial charge in [0.15, 0.2) is 23.3 Å². The van der Waals surface area contributed by atoms with E-state index in [-0.39, 0.29) is 0 Å². The van der Waals surface area contributed by atoms with Gasteiger partial charge in [-0.25, -0.2) is 0 Å². The average molecular weight is 479 g/mol. The molecule has 0 radical (unpaired) electrons. The first kappa shape index (κ1) is 25.9. The van der Waals surface area contributed by atoms with Gasteiger partial charge in [-0.2, -0.15) is 0 Å². The van der Waals surface area contributed by atoms with Crippen LogP contribution in [0.1, 0.15) is 69.2 Å². The molecule has 0 aromatic rings. The number of halogens is 1. The normalized spacial score (nSPS) is 28.4. The number of carbonyl (C=O) groups excluding carboxylic acids is 3. The van der Waals surface area contributed by atoms with Gasteiger partial charge in [0.1, 0.15) is 0 Å². The first-order valence-electron chi connectivity index (χ1n) is 9.78. The van der Waals surface area contributed by atoms with Crippen LogP contribution in [0.25, 0.3) is 0 Å². The molecule has 1 heterocycles. The van der Waals surface area contributed by atoms with E-state index in [1.807, 2.05) is 0 Å². The molecule has 0 aliphatic carbocycles. The molecule has 0 aromatic heterocycles. The minimum atomic E-state index is -1.02. The maximum absolute atomic E-state index is 12.6. The second-order valence-electron chi connectivity index (χ2n) is 10.6. The highest BCUT2D eigenvalue weighted by atomic mass is 79.9. The van der Waals surface area contributed by atoms with Crippen molar-refractivity contribution < 1.29 is 33.3 Å². The maximum atomic E-state index is 12.6. The van der Waals surface area contributed by atoms with Gasteiger partial charge in [0.25, 0.3) is 0 Å². The fraction of sp³-hybridized carbons (Fsp3) is 0.857. The fourth-order valence-electron chi connectivity index (χ4n) is 2.28. The Hall–Kier alpha value is -1.15. The Morgan fingerprint density at radius 3 is 1.31 bits per heavy atom. The lowest BCUT2D eigenvalue weighted by Crippen LogP contribution is -2.60. The van der Waals surface area contributed by atoms with Crippen LogP contribution in [-0.2, 0) is 33.3 Å². The van der Waals surface area contributed by atoms with Gasteiger partial charge in [-0.3, -0.25) is 14.4 Å². The first-order chi connectivity index (χ1) is 12.9. The molecule has 5 atom stereocenters. The van der Waals surface area contributed by atoms with Crippen LogP contribution in [0.2, 0.25) is 0 Å². The van der Waals surface area contributed by atoms with Crippen molar-refractivity contribution in [3.63, 3.8) is 0 Å². The summed E-state index contributed by atoms with van der Waals surface area (Å²) < 4.78 is 22.9. The van der Waals surface area contributed by atoms with Gasteiger partial charge in [0, 0.05) is 0 Å². The second kappa shape index (κ2) is 8.92. The van der Waals surface area contributed by atoms with Crippen LogP contribution in [-0.4, -0.2) is 47.3 Å². The maximum Gasteiger partial charge on any atom is 0.311 e. The summed E-state index contributed by atoms with van der Waals surface area (Å²) in [7, 11) is 0. The lowest BCUT2D eigenvalue weighted by molar-refractivity contribution is -0.237. The van der Waals surface area contributed by atoms with Crippen molar-refractivity contribution in [1.82, 2.24) is 0 Å². The third-order valence-electron chi connectivity index (χ3n) is 4.28. The molecule has 1 saturated heterocycles. The minimum Gasteiger partial charge on any atom is -0.455 e. The number of rotatable bonds is 3. The van der Waals surface area contributed by atoms with Crippen molar-refractivity contribution in [1.29, 1.82) is 0 Å². The molecular formula is C21H35BrO7. The number of ether oxygens (including phenoxy) is 4. The molecule has 1 aliphatic heterocycles. The van der Waals surface area contributed by atoms with Gasteiger partial charge in [-0.1, -0.05) is 15.9 Å². The van der Waals surface area contributed by atoms with Crippen LogP contribution in [0.15, 0.2) is 0 Å². The van der Waals surface area contributed by atoms with Crippen molar-refractivity contribution in [2.45, 2.75) is 98.7 Å². The summed E-state index contributed by atoms with van der Waals surface area (Å²) in [5.41, 5.74) is -2.33. The molecule has 7 nitrogen and oxygen atoms in total. The zero-order chi connectivity index (χ0) is 22.9. The molecular weight excluding hydrogens is 444 g/mol. The van der Waals surface area contributed by atoms with E-state index < -0.39 is 63.6 Å². The monoisotopic (exact) mass is 478 g/mol. The Balaban J connectivity index is 3.29. The molecule has 0 bridgehead atoms. The van der Waals surface area contributed by atoms with Crippen LogP contribution in [0.4, 0.5) is 0 Å². The smallest absolute Gasteiger partial charge is 0.311 e. The summed E-state index contributed by atoms with van der Waals surface area (Å²) in [4.78, 5) is 37.7. The number of hydrogen-bond acceptors (Lipinski definition) is 7. The minimum absolute atomic E-state index is 0.469. The van der Waals surface area contributed by atoms with E-state index in [9.17, 15) is 14.4 Å². The molecule has 1 fully saturated rings. The lowest BCUT2D eigenvalue weighted by Gasteiger charge is -2.44. The van der Waals surface area contributed by atoms with Crippen LogP contribution in [0.3, 0.4) is 0 Å². The molecule has 0 spiro atoms. The SMILES string of the molecule is C[C@@H]1OC(Br)[C@H](OC(=O)C(C)(C)C)[C@H](OC(=O)C(C)(C)C)[C@H]1OC(=O)C(C)(C)C. The summed E-state index contributed by atoms with van der Waals surface area (Å²) in [6.45, 7) is 17.2. The molecule has 0 N–H and O–H groups in total. The van der Waals surface area contributed by atoms with Crippen molar-refractivity contribution >= 4 is 33.8 Å². The Morgan fingerprint density at radius 2 is 0.966 bits per heavy atom. The van der Waals surface area contributed by atoms with E-state index in [4.69, 9.17) is 18.9 Å². The Kier molecular flexibility index (Phi) is 7.96. The summed E-state index contributed by atoms with van der Waals surface area (Å²) >= 11 is 3.37. The van der Waals surface area contributed by atoms with E-state index in [0.29, 0.717) is 0 Å². The molecule has 1 rings (SSSR count). The van der Waals surface area contributed by atoms with Gasteiger partial charge < -0.3 is 18.9 Å². The Morgan fingerprint density at radius 1 is 0.655 bits per heavy atom. The standard InChI is InChI=1S/C21H35BrO7/c1-11-12(27-16(23)19(2,3)4)13(28-17(24)20(5,6)7)14(15(22)26-11)29-18(25)21(8,9)10/h11-15H,1-10H3/t11-,12-,13+,14+,15?/m0/s1. The van der Waals surface area contributed by atoms with Crippen molar-refractivity contribution in [3.8, 4) is 0 Å². The lowest BCUT2D eigenvalue weighted by atomic mass is 9.94. The summed E-state index contributed by atoms with van der Waals surface area (Å²) in [6.07, 6.45) is -3.53. The van der Waals surface area contributed by atoms with E-state index in [0.717, 1.165) is 0 Å². The third kappa shape index (κ3) is 6.95. The molecule has 0 saturated carbocycles. The Bertz CT molecular complexity index is 584. The van der Waals surface area contributed by atoms with Gasteiger partial charge in [-0.15, -0.1) is 0 Å². The van der Waals surface area contributed by atoms with Gasteiger partial charge >= 0.3 is 17.9 Å².